The summed E-state index contributed by atoms with van der Waals surface area (Å²) in [7, 11) is 0. The van der Waals surface area contributed by atoms with Crippen LogP contribution in [0.25, 0.3) is 0 Å². The van der Waals surface area contributed by atoms with Crippen LogP contribution < -0.4 is 0 Å². The van der Waals surface area contributed by atoms with E-state index in [9.17, 15) is 19.2 Å². The summed E-state index contributed by atoms with van der Waals surface area (Å²) in [6.45, 7) is -0.789. The molecule has 7 nitrogen and oxygen atoms in total. The highest BCUT2D eigenvalue weighted by Gasteiger charge is 2.17. The van der Waals surface area contributed by atoms with Crippen molar-refractivity contribution >= 4 is 23.7 Å². The van der Waals surface area contributed by atoms with Crippen molar-refractivity contribution in [1.29, 1.82) is 0 Å². The quantitative estimate of drug-likeness (QED) is 0.218. The van der Waals surface area contributed by atoms with Crippen molar-refractivity contribution in [2.24, 2.45) is 0 Å². The first-order valence-electron chi connectivity index (χ1n) is 8.18. The highest BCUT2D eigenvalue weighted by Crippen LogP contribution is 2.02. The summed E-state index contributed by atoms with van der Waals surface area (Å²) in [5, 5.41) is 0. The van der Waals surface area contributed by atoms with Crippen molar-refractivity contribution in [1.82, 2.24) is 0 Å². The van der Waals surface area contributed by atoms with Crippen LogP contribution in [0.1, 0.15) is 15.9 Å². The number of carbonyl (C=O) groups excluding carboxylic acids is 4. The Morgan fingerprint density at radius 1 is 0.741 bits per heavy atom. The minimum Gasteiger partial charge on any atom is -0.457 e. The zero-order valence-corrected chi connectivity index (χ0v) is 14.5. The number of esters is 3. The average Bonchev–Trinajstić information content (AvgIpc) is 2.68. The average molecular weight is 370 g/mol. The molecule has 0 aliphatic rings. The molecule has 27 heavy (non-hydrogen) atoms. The SMILES string of the molecule is O=C(COCCOC(=O)C(=O)c1ccccc1)OC(=O)Cc1ccccc1. The largest absolute Gasteiger partial charge is 0.457 e. The van der Waals surface area contributed by atoms with Crippen molar-refractivity contribution in [2.45, 2.75) is 6.42 Å². The summed E-state index contributed by atoms with van der Waals surface area (Å²) in [4.78, 5) is 46.5. The number of benzene rings is 2. The molecule has 0 aliphatic carbocycles. The van der Waals surface area contributed by atoms with Gasteiger partial charge in [0.2, 0.25) is 0 Å². The van der Waals surface area contributed by atoms with E-state index in [1.807, 2.05) is 6.07 Å². The maximum atomic E-state index is 11.8. The second-order valence-corrected chi connectivity index (χ2v) is 5.39. The van der Waals surface area contributed by atoms with Gasteiger partial charge in [-0.1, -0.05) is 60.7 Å². The number of ketones is 1. The molecule has 0 saturated heterocycles. The maximum absolute atomic E-state index is 11.8. The fourth-order valence-electron chi connectivity index (χ4n) is 2.08. The Morgan fingerprint density at radius 2 is 1.37 bits per heavy atom. The number of hydrogen-bond donors (Lipinski definition) is 0. The standard InChI is InChI=1S/C20H18O7/c21-17(13-15-7-3-1-4-8-15)27-18(22)14-25-11-12-26-20(24)19(23)16-9-5-2-6-10-16/h1-10H,11-14H2. The molecule has 2 rings (SSSR count). The van der Waals surface area contributed by atoms with Crippen molar-refractivity contribution in [3.8, 4) is 0 Å². The first-order chi connectivity index (χ1) is 13.1. The van der Waals surface area contributed by atoms with E-state index in [1.165, 1.54) is 12.1 Å². The number of carbonyl (C=O) groups is 4. The minimum absolute atomic E-state index is 0.0220. The fraction of sp³-hybridized carbons (Fsp3) is 0.200. The van der Waals surface area contributed by atoms with Gasteiger partial charge in [0.15, 0.2) is 0 Å². The first kappa shape index (κ1) is 20.0. The molecule has 0 fully saturated rings. The van der Waals surface area contributed by atoms with Crippen LogP contribution in [0, 0.1) is 0 Å². The predicted molar refractivity (Wildman–Crippen MR) is 93.8 cm³/mol. The van der Waals surface area contributed by atoms with Gasteiger partial charge in [0.05, 0.1) is 13.0 Å². The van der Waals surface area contributed by atoms with Crippen molar-refractivity contribution in [3.63, 3.8) is 0 Å². The zero-order chi connectivity index (χ0) is 19.5. The maximum Gasteiger partial charge on any atom is 0.379 e. The Hall–Kier alpha value is -3.32. The van der Waals surface area contributed by atoms with Gasteiger partial charge in [-0.15, -0.1) is 0 Å². The van der Waals surface area contributed by atoms with Crippen LogP contribution >= 0.6 is 0 Å². The van der Waals surface area contributed by atoms with Gasteiger partial charge in [0, 0.05) is 5.56 Å². The van der Waals surface area contributed by atoms with Crippen LogP contribution in [0.4, 0.5) is 0 Å². The minimum atomic E-state index is -1.01. The third-order valence-corrected chi connectivity index (χ3v) is 3.32. The van der Waals surface area contributed by atoms with Crippen LogP contribution in [-0.4, -0.2) is 43.5 Å². The van der Waals surface area contributed by atoms with Gasteiger partial charge in [-0.2, -0.15) is 0 Å². The number of ether oxygens (including phenoxy) is 3. The molecular formula is C20H18O7. The van der Waals surface area contributed by atoms with Crippen molar-refractivity contribution < 1.29 is 33.4 Å². The molecular weight excluding hydrogens is 352 g/mol. The summed E-state index contributed by atoms with van der Waals surface area (Å²) in [5.74, 6) is -3.30. The van der Waals surface area contributed by atoms with E-state index in [0.717, 1.165) is 5.56 Å². The van der Waals surface area contributed by atoms with Crippen LogP contribution in [-0.2, 0) is 35.0 Å². The summed E-state index contributed by atoms with van der Waals surface area (Å²) in [5.41, 5.74) is 0.954. The Balaban J connectivity index is 1.59. The first-order valence-corrected chi connectivity index (χ1v) is 8.18. The molecule has 2 aromatic carbocycles. The van der Waals surface area contributed by atoms with Crippen LogP contribution in [0.5, 0.6) is 0 Å². The van der Waals surface area contributed by atoms with E-state index < -0.39 is 30.3 Å². The molecule has 0 amide bonds. The van der Waals surface area contributed by atoms with Crippen LogP contribution in [0.2, 0.25) is 0 Å². The normalized spacial score (nSPS) is 10.1. The third-order valence-electron chi connectivity index (χ3n) is 3.32. The fourth-order valence-corrected chi connectivity index (χ4v) is 2.08. The highest BCUT2D eigenvalue weighted by molar-refractivity contribution is 6.40. The summed E-state index contributed by atoms with van der Waals surface area (Å²) in [6, 6.07) is 16.8. The van der Waals surface area contributed by atoms with E-state index in [0.29, 0.717) is 0 Å². The molecule has 0 aromatic heterocycles. The van der Waals surface area contributed by atoms with Crippen LogP contribution in [0.3, 0.4) is 0 Å². The molecule has 0 N–H and O–H groups in total. The third kappa shape index (κ3) is 7.21. The molecule has 7 heteroatoms. The Bertz CT molecular complexity index is 784. The van der Waals surface area contributed by atoms with Crippen LogP contribution in [0.15, 0.2) is 60.7 Å². The van der Waals surface area contributed by atoms with Gasteiger partial charge < -0.3 is 14.2 Å². The number of rotatable bonds is 9. The Labute approximate surface area is 155 Å². The molecule has 2 aromatic rings. The smallest absolute Gasteiger partial charge is 0.379 e. The topological polar surface area (TPSA) is 96.0 Å². The van der Waals surface area contributed by atoms with E-state index in [4.69, 9.17) is 9.47 Å². The summed E-state index contributed by atoms with van der Waals surface area (Å²) < 4.78 is 14.3. The molecule has 0 heterocycles. The van der Waals surface area contributed by atoms with Gasteiger partial charge in [-0.05, 0) is 5.56 Å². The lowest BCUT2D eigenvalue weighted by Crippen LogP contribution is -2.22. The molecule has 0 radical (unpaired) electrons. The van der Waals surface area contributed by atoms with Gasteiger partial charge in [-0.3, -0.25) is 9.59 Å². The number of hydrogen-bond acceptors (Lipinski definition) is 7. The van der Waals surface area contributed by atoms with Gasteiger partial charge >= 0.3 is 17.9 Å². The summed E-state index contributed by atoms with van der Waals surface area (Å²) in [6.07, 6.45) is -0.0220. The summed E-state index contributed by atoms with van der Waals surface area (Å²) >= 11 is 0. The van der Waals surface area contributed by atoms with Gasteiger partial charge in [0.1, 0.15) is 13.2 Å². The van der Waals surface area contributed by atoms with E-state index in [2.05, 4.69) is 4.74 Å². The van der Waals surface area contributed by atoms with Gasteiger partial charge in [0.25, 0.3) is 5.78 Å². The van der Waals surface area contributed by atoms with Crippen molar-refractivity contribution in [2.75, 3.05) is 19.8 Å². The molecule has 0 aliphatic heterocycles. The molecule has 0 unspecified atom stereocenters. The zero-order valence-electron chi connectivity index (χ0n) is 14.5. The lowest BCUT2D eigenvalue weighted by Gasteiger charge is -2.06. The number of Topliss-reactive ketones (excluding diaryl/α,β-unsaturated/α-hetero) is 1. The molecule has 140 valence electrons. The highest BCUT2D eigenvalue weighted by atomic mass is 16.6. The lowest BCUT2D eigenvalue weighted by molar-refractivity contribution is -0.162. The molecule has 0 atom stereocenters. The second kappa shape index (κ2) is 10.6. The predicted octanol–water partition coefficient (Wildman–Crippen LogP) is 1.74. The Kier molecular flexibility index (Phi) is 7.87. The van der Waals surface area contributed by atoms with E-state index >= 15 is 0 Å². The molecule has 0 saturated carbocycles. The van der Waals surface area contributed by atoms with Gasteiger partial charge in [-0.25, -0.2) is 9.59 Å². The van der Waals surface area contributed by atoms with Crippen molar-refractivity contribution in [3.05, 3.63) is 71.8 Å². The Morgan fingerprint density at radius 3 is 2.04 bits per heavy atom. The monoisotopic (exact) mass is 370 g/mol. The van der Waals surface area contributed by atoms with E-state index in [1.54, 1.807) is 42.5 Å². The second-order valence-electron chi connectivity index (χ2n) is 5.39. The lowest BCUT2D eigenvalue weighted by atomic mass is 10.1. The molecule has 0 bridgehead atoms. The van der Waals surface area contributed by atoms with E-state index in [-0.39, 0.29) is 25.2 Å². The molecule has 0 spiro atoms.